The molecule has 3 amide bonds. The van der Waals surface area contributed by atoms with Crippen LogP contribution >= 0.6 is 0 Å². The summed E-state index contributed by atoms with van der Waals surface area (Å²) in [5, 5.41) is 8.11. The highest BCUT2D eigenvalue weighted by molar-refractivity contribution is 5.91. The number of ether oxygens (including phenoxy) is 2. The quantitative estimate of drug-likeness (QED) is 0.286. The molecule has 1 saturated heterocycles. The van der Waals surface area contributed by atoms with E-state index in [-0.39, 0.29) is 43.0 Å². The Bertz CT molecular complexity index is 771. The van der Waals surface area contributed by atoms with Gasteiger partial charge in [0.05, 0.1) is 12.6 Å². The van der Waals surface area contributed by atoms with E-state index < -0.39 is 35.7 Å². The van der Waals surface area contributed by atoms with Crippen molar-refractivity contribution < 1.29 is 33.4 Å². The number of ketones is 1. The van der Waals surface area contributed by atoms with E-state index in [1.807, 2.05) is 0 Å². The summed E-state index contributed by atoms with van der Waals surface area (Å²) in [5.74, 6) is -1.78. The molecule has 0 radical (unpaired) electrons. The zero-order chi connectivity index (χ0) is 25.9. The highest BCUT2D eigenvalue weighted by atomic mass is 16.6. The Hall–Kier alpha value is -2.91. The van der Waals surface area contributed by atoms with Crippen LogP contribution in [0.25, 0.3) is 0 Å². The molecular weight excluding hydrogens is 442 g/mol. The van der Waals surface area contributed by atoms with E-state index in [1.165, 1.54) is 12.2 Å². The third kappa shape index (κ3) is 11.3. The number of alkyl carbamates (subject to hydrolysis) is 1. The normalized spacial score (nSPS) is 17.7. The van der Waals surface area contributed by atoms with Crippen molar-refractivity contribution in [3.05, 3.63) is 12.2 Å². The molecule has 0 aromatic heterocycles. The van der Waals surface area contributed by atoms with Crippen LogP contribution in [-0.2, 0) is 28.7 Å². The Kier molecular flexibility index (Phi) is 11.7. The van der Waals surface area contributed by atoms with Gasteiger partial charge in [-0.1, -0.05) is 19.9 Å². The topological polar surface area (TPSA) is 140 Å². The van der Waals surface area contributed by atoms with Gasteiger partial charge >= 0.3 is 12.1 Å². The molecule has 0 bridgehead atoms. The van der Waals surface area contributed by atoms with Crippen LogP contribution in [-0.4, -0.2) is 60.5 Å². The molecule has 0 saturated carbocycles. The van der Waals surface area contributed by atoms with E-state index in [0.29, 0.717) is 19.4 Å². The summed E-state index contributed by atoms with van der Waals surface area (Å²) in [6.45, 7) is 11.3. The molecule has 10 nitrogen and oxygen atoms in total. The second kappa shape index (κ2) is 13.7. The van der Waals surface area contributed by atoms with Gasteiger partial charge in [0.15, 0.2) is 5.78 Å². The number of carbonyl (C=O) groups is 5. The summed E-state index contributed by atoms with van der Waals surface area (Å²) in [4.78, 5) is 61.0. The average Bonchev–Trinajstić information content (AvgIpc) is 3.11. The molecule has 10 heteroatoms. The summed E-state index contributed by atoms with van der Waals surface area (Å²) in [7, 11) is 0. The number of Topliss-reactive ketones (excluding diaryl/α,β-unsaturated/α-hetero) is 1. The van der Waals surface area contributed by atoms with Crippen LogP contribution in [0.3, 0.4) is 0 Å². The van der Waals surface area contributed by atoms with E-state index in [4.69, 9.17) is 9.47 Å². The maximum atomic E-state index is 12.7. The number of esters is 1. The smallest absolute Gasteiger partial charge is 0.408 e. The van der Waals surface area contributed by atoms with Crippen molar-refractivity contribution in [3.63, 3.8) is 0 Å². The Labute approximate surface area is 201 Å². The number of rotatable bonds is 12. The van der Waals surface area contributed by atoms with Crippen LogP contribution in [0.4, 0.5) is 4.79 Å². The van der Waals surface area contributed by atoms with Crippen molar-refractivity contribution in [2.75, 3.05) is 13.2 Å². The van der Waals surface area contributed by atoms with Gasteiger partial charge in [0.1, 0.15) is 5.60 Å². The molecule has 3 atom stereocenters. The summed E-state index contributed by atoms with van der Waals surface area (Å²) in [6.07, 6.45) is 2.83. The molecule has 0 aliphatic carbocycles. The zero-order valence-electron chi connectivity index (χ0n) is 21.1. The van der Waals surface area contributed by atoms with Gasteiger partial charge in [-0.2, -0.15) is 0 Å². The molecule has 1 heterocycles. The first-order chi connectivity index (χ1) is 15.8. The van der Waals surface area contributed by atoms with Gasteiger partial charge in [0, 0.05) is 37.4 Å². The van der Waals surface area contributed by atoms with Crippen LogP contribution in [0.15, 0.2) is 12.2 Å². The fourth-order valence-corrected chi connectivity index (χ4v) is 3.47. The first-order valence-electron chi connectivity index (χ1n) is 11.8. The highest BCUT2D eigenvalue weighted by Crippen LogP contribution is 2.17. The Morgan fingerprint density at radius 3 is 2.35 bits per heavy atom. The van der Waals surface area contributed by atoms with Crippen molar-refractivity contribution in [2.45, 2.75) is 84.9 Å². The van der Waals surface area contributed by atoms with Crippen LogP contribution in [0.1, 0.15) is 67.2 Å². The van der Waals surface area contributed by atoms with Gasteiger partial charge in [-0.15, -0.1) is 0 Å². The van der Waals surface area contributed by atoms with Crippen LogP contribution in [0.2, 0.25) is 0 Å². The third-order valence-electron chi connectivity index (χ3n) is 5.08. The molecule has 0 aromatic carbocycles. The van der Waals surface area contributed by atoms with Gasteiger partial charge < -0.3 is 25.4 Å². The maximum absolute atomic E-state index is 12.7. The molecule has 0 spiro atoms. The fraction of sp³-hybridized carbons (Fsp3) is 0.708. The highest BCUT2D eigenvalue weighted by Gasteiger charge is 2.29. The molecule has 3 unspecified atom stereocenters. The minimum Gasteiger partial charge on any atom is -0.463 e. The van der Waals surface area contributed by atoms with Crippen LogP contribution < -0.4 is 16.0 Å². The molecule has 1 aliphatic rings. The number of nitrogens with one attached hydrogen (secondary N) is 3. The maximum Gasteiger partial charge on any atom is 0.408 e. The fourth-order valence-electron chi connectivity index (χ4n) is 3.47. The van der Waals surface area contributed by atoms with Crippen molar-refractivity contribution in [1.82, 2.24) is 16.0 Å². The monoisotopic (exact) mass is 481 g/mol. The van der Waals surface area contributed by atoms with E-state index in [0.717, 1.165) is 0 Å². The summed E-state index contributed by atoms with van der Waals surface area (Å²) in [5.41, 5.74) is -0.698. The molecule has 1 fully saturated rings. The van der Waals surface area contributed by atoms with E-state index in [9.17, 15) is 24.0 Å². The molecule has 1 rings (SSSR count). The van der Waals surface area contributed by atoms with Gasteiger partial charge in [-0.05, 0) is 46.5 Å². The van der Waals surface area contributed by atoms with E-state index in [2.05, 4.69) is 16.0 Å². The third-order valence-corrected chi connectivity index (χ3v) is 5.08. The lowest BCUT2D eigenvalue weighted by molar-refractivity contribution is -0.137. The Balaban J connectivity index is 2.71. The van der Waals surface area contributed by atoms with Crippen LogP contribution in [0, 0.1) is 11.8 Å². The number of hydrogen-bond acceptors (Lipinski definition) is 7. The Morgan fingerprint density at radius 1 is 1.15 bits per heavy atom. The average molecular weight is 482 g/mol. The van der Waals surface area contributed by atoms with Gasteiger partial charge in [-0.25, -0.2) is 9.59 Å². The van der Waals surface area contributed by atoms with Crippen LogP contribution in [0.5, 0.6) is 0 Å². The molecule has 3 N–H and O–H groups in total. The molecule has 1 aliphatic heterocycles. The lowest BCUT2D eigenvalue weighted by atomic mass is 9.96. The molecule has 0 aromatic rings. The first kappa shape index (κ1) is 29.1. The lowest BCUT2D eigenvalue weighted by Crippen LogP contribution is -2.46. The number of carbonyl (C=O) groups excluding carboxylic acids is 5. The minimum atomic E-state index is -0.788. The second-order valence-corrected chi connectivity index (χ2v) is 9.63. The van der Waals surface area contributed by atoms with Crippen molar-refractivity contribution in [3.8, 4) is 0 Å². The number of hydrogen-bond donors (Lipinski definition) is 3. The zero-order valence-corrected chi connectivity index (χ0v) is 21.1. The van der Waals surface area contributed by atoms with Crippen molar-refractivity contribution in [1.29, 1.82) is 0 Å². The van der Waals surface area contributed by atoms with Crippen molar-refractivity contribution >= 4 is 29.7 Å². The second-order valence-electron chi connectivity index (χ2n) is 9.63. The van der Waals surface area contributed by atoms with Gasteiger partial charge in [0.25, 0.3) is 0 Å². The predicted molar refractivity (Wildman–Crippen MR) is 126 cm³/mol. The standard InChI is InChI=1S/C24H39N3O7/c1-7-33-20(30)11-8-17(14-16-12-13-25-22(16)31)26-19(29)10-9-18(28)21(15(2)3)27-23(32)34-24(4,5)6/h8,11,15-17,21H,7,9-10,12-14H2,1-6H3,(H,25,31)(H,26,29)(H,27,32)/b11-8+. The minimum absolute atomic E-state index is 0.0807. The summed E-state index contributed by atoms with van der Waals surface area (Å²) >= 11 is 0. The summed E-state index contributed by atoms with van der Waals surface area (Å²) < 4.78 is 10.1. The molecule has 34 heavy (non-hydrogen) atoms. The van der Waals surface area contributed by atoms with Gasteiger partial charge in [0.2, 0.25) is 11.8 Å². The molecular formula is C24H39N3O7. The van der Waals surface area contributed by atoms with Crippen molar-refractivity contribution in [2.24, 2.45) is 11.8 Å². The van der Waals surface area contributed by atoms with Gasteiger partial charge in [-0.3, -0.25) is 14.4 Å². The SMILES string of the molecule is CCOC(=O)/C=C/C(CC1CCNC1=O)NC(=O)CCC(=O)C(NC(=O)OC(C)(C)C)C(C)C. The first-order valence-corrected chi connectivity index (χ1v) is 11.8. The number of amides is 3. The van der Waals surface area contributed by atoms with E-state index >= 15 is 0 Å². The Morgan fingerprint density at radius 2 is 1.82 bits per heavy atom. The van der Waals surface area contributed by atoms with E-state index in [1.54, 1.807) is 41.5 Å². The predicted octanol–water partition coefficient (Wildman–Crippen LogP) is 2.02. The lowest BCUT2D eigenvalue weighted by Gasteiger charge is -2.25. The largest absolute Gasteiger partial charge is 0.463 e. The molecule has 192 valence electrons. The summed E-state index contributed by atoms with van der Waals surface area (Å²) in [6, 6.07) is -1.36.